The first kappa shape index (κ1) is 23.5. The maximum absolute atomic E-state index is 12.5. The molecule has 170 valence electrons. The van der Waals surface area contributed by atoms with Crippen LogP contribution in [0.15, 0.2) is 83.8 Å². The van der Waals surface area contributed by atoms with Crippen LogP contribution in [0.3, 0.4) is 0 Å². The molecule has 0 bridgehead atoms. The molecule has 2 amide bonds. The largest absolute Gasteiger partial charge is 0.351 e. The summed E-state index contributed by atoms with van der Waals surface area (Å²) in [5.41, 5.74) is 4.18. The topological polar surface area (TPSA) is 49.4 Å². The van der Waals surface area contributed by atoms with Crippen LogP contribution in [-0.4, -0.2) is 41.3 Å². The second-order valence-corrected chi connectivity index (χ2v) is 10.3. The average Bonchev–Trinajstić information content (AvgIpc) is 3.22. The summed E-state index contributed by atoms with van der Waals surface area (Å²) in [7, 11) is 0. The monoisotopic (exact) mass is 476 g/mol. The Bertz CT molecular complexity index is 1070. The summed E-state index contributed by atoms with van der Waals surface area (Å²) in [5, 5.41) is 3.00. The van der Waals surface area contributed by atoms with Crippen molar-refractivity contribution in [1.82, 2.24) is 10.2 Å². The molecule has 1 aliphatic rings. The van der Waals surface area contributed by atoms with Crippen LogP contribution in [0.5, 0.6) is 0 Å². The Balaban J connectivity index is 1.28. The van der Waals surface area contributed by atoms with Gasteiger partial charge in [0.15, 0.2) is 0 Å². The van der Waals surface area contributed by atoms with Crippen molar-refractivity contribution in [3.63, 3.8) is 0 Å². The molecule has 1 N–H and O–H groups in total. The summed E-state index contributed by atoms with van der Waals surface area (Å²) in [6.45, 7) is 3.38. The molecule has 4 rings (SSSR count). The van der Waals surface area contributed by atoms with Gasteiger partial charge < -0.3 is 10.2 Å². The molecule has 0 aromatic heterocycles. The second-order valence-electron chi connectivity index (χ2n) is 8.03. The lowest BCUT2D eigenvalue weighted by atomic mass is 10.1. The molecule has 0 radical (unpaired) electrons. The number of amides is 2. The number of nitrogens with one attached hydrogen (secondary N) is 1. The summed E-state index contributed by atoms with van der Waals surface area (Å²) in [5.74, 6) is 1.43. The van der Waals surface area contributed by atoms with Gasteiger partial charge in [-0.1, -0.05) is 60.2 Å². The van der Waals surface area contributed by atoms with Gasteiger partial charge in [0.05, 0.1) is 5.75 Å². The third-order valence-corrected chi connectivity index (χ3v) is 7.86. The maximum Gasteiger partial charge on any atom is 0.251 e. The van der Waals surface area contributed by atoms with Gasteiger partial charge in [0.2, 0.25) is 5.91 Å². The molecule has 33 heavy (non-hydrogen) atoms. The third-order valence-electron chi connectivity index (χ3n) is 5.59. The zero-order valence-electron chi connectivity index (χ0n) is 18.7. The Labute approximate surface area is 204 Å². The molecule has 6 heteroatoms. The van der Waals surface area contributed by atoms with Gasteiger partial charge in [-0.3, -0.25) is 9.59 Å². The molecule has 0 aliphatic carbocycles. The minimum atomic E-state index is -0.0675. The SMILES string of the molecule is Cc1ccc(SCCNC(=O)c2ccc([C@@H]3SCC(=O)N3CCc3ccccc3)cc2)cc1. The fourth-order valence-corrected chi connectivity index (χ4v) is 5.72. The van der Waals surface area contributed by atoms with E-state index in [-0.39, 0.29) is 17.2 Å². The van der Waals surface area contributed by atoms with Crippen LogP contribution in [-0.2, 0) is 11.2 Å². The molecule has 1 heterocycles. The maximum atomic E-state index is 12.5. The van der Waals surface area contributed by atoms with Crippen molar-refractivity contribution in [3.05, 3.63) is 101 Å². The van der Waals surface area contributed by atoms with Gasteiger partial charge in [-0.15, -0.1) is 23.5 Å². The number of nitrogens with zero attached hydrogens (tertiary/aromatic N) is 1. The minimum absolute atomic E-state index is 0.00392. The van der Waals surface area contributed by atoms with Crippen molar-refractivity contribution in [1.29, 1.82) is 0 Å². The molecule has 1 fully saturated rings. The molecule has 3 aromatic carbocycles. The van der Waals surface area contributed by atoms with Gasteiger partial charge in [0.25, 0.3) is 5.91 Å². The standard InChI is InChI=1S/C27H28N2O2S2/c1-20-7-13-24(14-8-20)32-18-16-28-26(31)22-9-11-23(12-10-22)27-29(25(30)19-33-27)17-15-21-5-3-2-4-6-21/h2-14,27H,15-19H2,1H3,(H,28,31)/t27-/m0/s1. The Kier molecular flexibility index (Phi) is 8.13. The van der Waals surface area contributed by atoms with Crippen molar-refractivity contribution in [2.75, 3.05) is 24.6 Å². The van der Waals surface area contributed by atoms with Crippen LogP contribution < -0.4 is 5.32 Å². The fourth-order valence-electron chi connectivity index (χ4n) is 3.74. The van der Waals surface area contributed by atoms with Crippen LogP contribution >= 0.6 is 23.5 Å². The number of benzene rings is 3. The van der Waals surface area contributed by atoms with E-state index < -0.39 is 0 Å². The molecule has 4 nitrogen and oxygen atoms in total. The third kappa shape index (κ3) is 6.42. The molecule has 1 atom stereocenters. The van der Waals surface area contributed by atoms with Crippen LogP contribution in [0.4, 0.5) is 0 Å². The van der Waals surface area contributed by atoms with E-state index in [4.69, 9.17) is 0 Å². The van der Waals surface area contributed by atoms with Crippen LogP contribution in [0.2, 0.25) is 0 Å². The van der Waals surface area contributed by atoms with Gasteiger partial charge in [0, 0.05) is 29.3 Å². The number of aryl methyl sites for hydroxylation is 1. The predicted molar refractivity (Wildman–Crippen MR) is 138 cm³/mol. The number of rotatable bonds is 9. The number of hydrogen-bond acceptors (Lipinski definition) is 4. The van der Waals surface area contributed by atoms with Gasteiger partial charge in [-0.2, -0.15) is 0 Å². The highest BCUT2D eigenvalue weighted by Gasteiger charge is 2.32. The van der Waals surface area contributed by atoms with E-state index in [1.165, 1.54) is 16.0 Å². The highest BCUT2D eigenvalue weighted by molar-refractivity contribution is 8.00. The van der Waals surface area contributed by atoms with E-state index in [1.54, 1.807) is 23.5 Å². The zero-order chi connectivity index (χ0) is 23.0. The number of carbonyl (C=O) groups excluding carboxylic acids is 2. The molecular formula is C27H28N2O2S2. The normalized spacial score (nSPS) is 15.6. The average molecular weight is 477 g/mol. The summed E-state index contributed by atoms with van der Waals surface area (Å²) in [4.78, 5) is 28.1. The summed E-state index contributed by atoms with van der Waals surface area (Å²) < 4.78 is 0. The van der Waals surface area contributed by atoms with Gasteiger partial charge >= 0.3 is 0 Å². The molecule has 1 saturated heterocycles. The quantitative estimate of drug-likeness (QED) is 0.335. The first-order chi connectivity index (χ1) is 16.1. The lowest BCUT2D eigenvalue weighted by Crippen LogP contribution is -2.30. The summed E-state index contributed by atoms with van der Waals surface area (Å²) in [6, 6.07) is 26.3. The van der Waals surface area contributed by atoms with Crippen molar-refractivity contribution in [3.8, 4) is 0 Å². The van der Waals surface area contributed by atoms with E-state index in [0.717, 1.165) is 17.7 Å². The van der Waals surface area contributed by atoms with Crippen molar-refractivity contribution < 1.29 is 9.59 Å². The fraction of sp³-hybridized carbons (Fsp3) is 0.259. The second kappa shape index (κ2) is 11.4. The highest BCUT2D eigenvalue weighted by atomic mass is 32.2. The lowest BCUT2D eigenvalue weighted by molar-refractivity contribution is -0.128. The van der Waals surface area contributed by atoms with Gasteiger partial charge in [-0.25, -0.2) is 0 Å². The molecule has 0 saturated carbocycles. The van der Waals surface area contributed by atoms with Crippen LogP contribution in [0, 0.1) is 6.92 Å². The van der Waals surface area contributed by atoms with Crippen molar-refractivity contribution in [2.24, 2.45) is 0 Å². The van der Waals surface area contributed by atoms with Gasteiger partial charge in [0.1, 0.15) is 5.37 Å². The number of carbonyl (C=O) groups is 2. The lowest BCUT2D eigenvalue weighted by Gasteiger charge is -2.24. The van der Waals surface area contributed by atoms with E-state index in [2.05, 4.69) is 48.6 Å². The number of thioether (sulfide) groups is 2. The first-order valence-corrected chi connectivity index (χ1v) is 13.2. The van der Waals surface area contributed by atoms with E-state index >= 15 is 0 Å². The van der Waals surface area contributed by atoms with E-state index in [9.17, 15) is 9.59 Å². The molecule has 3 aromatic rings. The van der Waals surface area contributed by atoms with Crippen molar-refractivity contribution >= 4 is 35.3 Å². The van der Waals surface area contributed by atoms with Crippen LogP contribution in [0.1, 0.15) is 32.4 Å². The summed E-state index contributed by atoms with van der Waals surface area (Å²) >= 11 is 3.38. The summed E-state index contributed by atoms with van der Waals surface area (Å²) in [6.07, 6.45) is 0.838. The Hall–Kier alpha value is -2.70. The molecule has 0 unspecified atom stereocenters. The Morgan fingerprint density at radius 2 is 1.76 bits per heavy atom. The highest BCUT2D eigenvalue weighted by Crippen LogP contribution is 2.38. The van der Waals surface area contributed by atoms with Gasteiger partial charge in [-0.05, 0) is 48.7 Å². The van der Waals surface area contributed by atoms with Crippen molar-refractivity contribution in [2.45, 2.75) is 23.6 Å². The minimum Gasteiger partial charge on any atom is -0.351 e. The first-order valence-electron chi connectivity index (χ1n) is 11.1. The number of hydrogen-bond donors (Lipinski definition) is 1. The smallest absolute Gasteiger partial charge is 0.251 e. The Morgan fingerprint density at radius 1 is 1.03 bits per heavy atom. The van der Waals surface area contributed by atoms with E-state index in [1.807, 2.05) is 47.4 Å². The molecule has 1 aliphatic heterocycles. The zero-order valence-corrected chi connectivity index (χ0v) is 20.3. The van der Waals surface area contributed by atoms with E-state index in [0.29, 0.717) is 24.4 Å². The Morgan fingerprint density at radius 3 is 2.48 bits per heavy atom. The molecular weight excluding hydrogens is 448 g/mol. The predicted octanol–water partition coefficient (Wildman–Crippen LogP) is 5.33. The van der Waals surface area contributed by atoms with Crippen LogP contribution in [0.25, 0.3) is 0 Å². The molecule has 0 spiro atoms.